The number of nitrogens with zero attached hydrogens (tertiary/aromatic N) is 1. The molecule has 112 valence electrons. The molecule has 0 bridgehead atoms. The molecule has 1 spiro atoms. The summed E-state index contributed by atoms with van der Waals surface area (Å²) in [7, 11) is 1.98. The van der Waals surface area contributed by atoms with Crippen LogP contribution in [0.2, 0.25) is 0 Å². The molecule has 1 aromatic carbocycles. The van der Waals surface area contributed by atoms with E-state index in [1.54, 1.807) is 12.1 Å². The van der Waals surface area contributed by atoms with Crippen molar-refractivity contribution >= 4 is 23.3 Å². The van der Waals surface area contributed by atoms with E-state index in [9.17, 15) is 14.7 Å². The zero-order valence-corrected chi connectivity index (χ0v) is 12.2. The van der Waals surface area contributed by atoms with Crippen LogP contribution >= 0.6 is 0 Å². The Hall–Kier alpha value is -2.04. The molecule has 1 heterocycles. The lowest BCUT2D eigenvalue weighted by Crippen LogP contribution is -2.49. The van der Waals surface area contributed by atoms with Gasteiger partial charge >= 0.3 is 5.97 Å². The molecule has 0 atom stereocenters. The zero-order valence-electron chi connectivity index (χ0n) is 12.2. The molecule has 0 radical (unpaired) electrons. The predicted molar refractivity (Wildman–Crippen MR) is 80.9 cm³/mol. The standard InChI is InChI=1S/C16H20N2O3/c1-18-13-9-11(15(20)21)5-6-12(13)17-14(19)10-16(18)7-3-2-4-8-16/h5-6,9H,2-4,7-8,10H2,1H3,(H,17,19)(H,20,21). The van der Waals surface area contributed by atoms with Crippen molar-refractivity contribution in [3.63, 3.8) is 0 Å². The number of carbonyl (C=O) groups excluding carboxylic acids is 1. The van der Waals surface area contributed by atoms with Crippen LogP contribution in [0.1, 0.15) is 48.9 Å². The minimum absolute atomic E-state index is 0.0191. The Morgan fingerprint density at radius 1 is 1.29 bits per heavy atom. The van der Waals surface area contributed by atoms with Crippen LogP contribution in [-0.4, -0.2) is 29.6 Å². The maximum absolute atomic E-state index is 12.2. The number of benzene rings is 1. The van der Waals surface area contributed by atoms with Gasteiger partial charge in [0.25, 0.3) is 0 Å². The first-order chi connectivity index (χ1) is 10.0. The molecule has 1 aliphatic heterocycles. The van der Waals surface area contributed by atoms with Crippen LogP contribution in [0.3, 0.4) is 0 Å². The minimum atomic E-state index is -0.945. The second-order valence-corrected chi connectivity index (χ2v) is 6.11. The molecule has 1 fully saturated rings. The molecule has 0 aromatic heterocycles. The molecule has 0 saturated heterocycles. The Morgan fingerprint density at radius 3 is 2.67 bits per heavy atom. The van der Waals surface area contributed by atoms with Crippen LogP contribution in [0.5, 0.6) is 0 Å². The van der Waals surface area contributed by atoms with Crippen LogP contribution in [0.4, 0.5) is 11.4 Å². The Bertz CT molecular complexity index is 591. The van der Waals surface area contributed by atoms with Crippen LogP contribution in [0.25, 0.3) is 0 Å². The van der Waals surface area contributed by atoms with Crippen molar-refractivity contribution in [1.82, 2.24) is 0 Å². The molecule has 1 amide bonds. The number of anilines is 2. The molecule has 5 nitrogen and oxygen atoms in total. The van der Waals surface area contributed by atoms with Crippen molar-refractivity contribution in [1.29, 1.82) is 0 Å². The zero-order chi connectivity index (χ0) is 15.0. The molecule has 2 N–H and O–H groups in total. The summed E-state index contributed by atoms with van der Waals surface area (Å²) in [5.41, 5.74) is 1.59. The highest BCUT2D eigenvalue weighted by Crippen LogP contribution is 2.43. The lowest BCUT2D eigenvalue weighted by molar-refractivity contribution is -0.117. The summed E-state index contributed by atoms with van der Waals surface area (Å²) in [5, 5.41) is 12.1. The maximum Gasteiger partial charge on any atom is 0.335 e. The first-order valence-electron chi connectivity index (χ1n) is 7.43. The van der Waals surface area contributed by atoms with E-state index in [-0.39, 0.29) is 17.0 Å². The predicted octanol–water partition coefficient (Wildman–Crippen LogP) is 2.87. The molecular formula is C16H20N2O3. The van der Waals surface area contributed by atoms with Crippen molar-refractivity contribution in [2.75, 3.05) is 17.3 Å². The number of carbonyl (C=O) groups is 2. The normalized spacial score (nSPS) is 20.6. The third-order valence-corrected chi connectivity index (χ3v) is 4.87. The highest BCUT2D eigenvalue weighted by atomic mass is 16.4. The van der Waals surface area contributed by atoms with Gasteiger partial charge in [-0.05, 0) is 31.0 Å². The first-order valence-corrected chi connectivity index (χ1v) is 7.43. The summed E-state index contributed by atoms with van der Waals surface area (Å²) in [6.07, 6.45) is 5.87. The highest BCUT2D eigenvalue weighted by molar-refractivity contribution is 5.99. The molecule has 21 heavy (non-hydrogen) atoms. The largest absolute Gasteiger partial charge is 0.478 e. The van der Waals surface area contributed by atoms with Crippen LogP contribution < -0.4 is 10.2 Å². The lowest BCUT2D eigenvalue weighted by Gasteiger charge is -2.44. The van der Waals surface area contributed by atoms with E-state index < -0.39 is 5.97 Å². The highest BCUT2D eigenvalue weighted by Gasteiger charge is 2.41. The molecule has 1 saturated carbocycles. The van der Waals surface area contributed by atoms with Gasteiger partial charge in [0.1, 0.15) is 0 Å². The summed E-state index contributed by atoms with van der Waals surface area (Å²) < 4.78 is 0. The number of aromatic carboxylic acids is 1. The first kappa shape index (κ1) is 13.9. The molecule has 1 aliphatic carbocycles. The third-order valence-electron chi connectivity index (χ3n) is 4.87. The van der Waals surface area contributed by atoms with Crippen molar-refractivity contribution in [3.05, 3.63) is 23.8 Å². The molecular weight excluding hydrogens is 268 g/mol. The fraction of sp³-hybridized carbons (Fsp3) is 0.500. The quantitative estimate of drug-likeness (QED) is 0.833. The number of nitrogens with one attached hydrogen (secondary N) is 1. The number of carboxylic acids is 1. The number of hydrogen-bond donors (Lipinski definition) is 2. The van der Waals surface area contributed by atoms with E-state index in [0.717, 1.165) is 31.4 Å². The van der Waals surface area contributed by atoms with Gasteiger partial charge in [-0.2, -0.15) is 0 Å². The van der Waals surface area contributed by atoms with E-state index in [4.69, 9.17) is 0 Å². The van der Waals surface area contributed by atoms with Gasteiger partial charge in [0, 0.05) is 12.6 Å². The molecule has 5 heteroatoms. The summed E-state index contributed by atoms with van der Waals surface area (Å²) in [6.45, 7) is 0. The SMILES string of the molecule is CN1c2cc(C(=O)O)ccc2NC(=O)CC12CCCCC2. The molecule has 3 rings (SSSR count). The summed E-state index contributed by atoms with van der Waals surface area (Å²) in [4.78, 5) is 25.6. The van der Waals surface area contributed by atoms with Gasteiger partial charge in [0.15, 0.2) is 0 Å². The molecule has 0 unspecified atom stereocenters. The average Bonchev–Trinajstić information content (AvgIpc) is 2.56. The number of carboxylic acid groups (broad SMARTS) is 1. The van der Waals surface area contributed by atoms with Crippen molar-refractivity contribution < 1.29 is 14.7 Å². The van der Waals surface area contributed by atoms with Crippen molar-refractivity contribution in [3.8, 4) is 0 Å². The monoisotopic (exact) mass is 288 g/mol. The van der Waals surface area contributed by atoms with Crippen molar-refractivity contribution in [2.24, 2.45) is 0 Å². The number of rotatable bonds is 1. The number of amides is 1. The van der Waals surface area contributed by atoms with Gasteiger partial charge in [-0.3, -0.25) is 4.79 Å². The van der Waals surface area contributed by atoms with Gasteiger partial charge in [0.05, 0.1) is 23.4 Å². The fourth-order valence-corrected chi connectivity index (χ4v) is 3.64. The summed E-state index contributed by atoms with van der Waals surface area (Å²) in [6, 6.07) is 4.89. The van der Waals surface area contributed by atoms with Gasteiger partial charge in [0.2, 0.25) is 5.91 Å². The topological polar surface area (TPSA) is 69.6 Å². The third kappa shape index (κ3) is 2.37. The van der Waals surface area contributed by atoms with E-state index in [1.807, 2.05) is 7.05 Å². The molecule has 1 aromatic rings. The maximum atomic E-state index is 12.2. The second-order valence-electron chi connectivity index (χ2n) is 6.11. The number of hydrogen-bond acceptors (Lipinski definition) is 3. The van der Waals surface area contributed by atoms with Crippen LogP contribution in [-0.2, 0) is 4.79 Å². The minimum Gasteiger partial charge on any atom is -0.478 e. The summed E-state index contributed by atoms with van der Waals surface area (Å²) >= 11 is 0. The smallest absolute Gasteiger partial charge is 0.335 e. The van der Waals surface area contributed by atoms with Crippen LogP contribution in [0.15, 0.2) is 18.2 Å². The van der Waals surface area contributed by atoms with Gasteiger partial charge in [-0.15, -0.1) is 0 Å². The lowest BCUT2D eigenvalue weighted by atomic mass is 9.78. The molecule has 2 aliphatic rings. The Kier molecular flexibility index (Phi) is 3.35. The van der Waals surface area contributed by atoms with Crippen molar-refractivity contribution in [2.45, 2.75) is 44.1 Å². The fourth-order valence-electron chi connectivity index (χ4n) is 3.64. The summed E-state index contributed by atoms with van der Waals surface area (Å²) in [5.74, 6) is -0.926. The van der Waals surface area contributed by atoms with E-state index >= 15 is 0 Å². The van der Waals surface area contributed by atoms with Crippen LogP contribution in [0, 0.1) is 0 Å². The van der Waals surface area contributed by atoms with E-state index in [1.165, 1.54) is 12.5 Å². The van der Waals surface area contributed by atoms with Gasteiger partial charge in [-0.1, -0.05) is 19.3 Å². The van der Waals surface area contributed by atoms with E-state index in [0.29, 0.717) is 12.1 Å². The Labute approximate surface area is 123 Å². The Morgan fingerprint density at radius 2 is 2.00 bits per heavy atom. The average molecular weight is 288 g/mol. The Balaban J connectivity index is 2.08. The van der Waals surface area contributed by atoms with E-state index in [2.05, 4.69) is 10.2 Å². The van der Waals surface area contributed by atoms with Gasteiger partial charge < -0.3 is 15.3 Å². The second kappa shape index (κ2) is 5.06. The number of fused-ring (bicyclic) bond motifs is 1. The van der Waals surface area contributed by atoms with Gasteiger partial charge in [-0.25, -0.2) is 4.79 Å².